The van der Waals surface area contributed by atoms with Crippen LogP contribution in [0.15, 0.2) is 53.7 Å². The van der Waals surface area contributed by atoms with E-state index in [0.29, 0.717) is 11.4 Å². The summed E-state index contributed by atoms with van der Waals surface area (Å²) in [6.45, 7) is -1.02. The van der Waals surface area contributed by atoms with Crippen molar-refractivity contribution in [3.63, 3.8) is 0 Å². The largest absolute Gasteiger partial charge is 0.378 e. The molecular weight excluding hydrogens is 460 g/mol. The quantitative estimate of drug-likeness (QED) is 0.551. The topological polar surface area (TPSA) is 123 Å². The number of nitrogens with one attached hydrogen (secondary N) is 1. The van der Waals surface area contributed by atoms with Gasteiger partial charge in [0.05, 0.1) is 5.02 Å². The molecule has 1 aliphatic heterocycles. The molecule has 3 atom stereocenters. The van der Waals surface area contributed by atoms with E-state index in [1.54, 1.807) is 6.08 Å². The van der Waals surface area contributed by atoms with E-state index in [1.807, 2.05) is 0 Å². The number of fused-ring (bicyclic) bond motifs is 1. The highest BCUT2D eigenvalue weighted by Gasteiger charge is 2.67. The van der Waals surface area contributed by atoms with Crippen molar-refractivity contribution in [2.75, 3.05) is 12.0 Å². The highest BCUT2D eigenvalue weighted by Crippen LogP contribution is 2.66. The predicted octanol–water partition coefficient (Wildman–Crippen LogP) is 3.15. The van der Waals surface area contributed by atoms with Crippen LogP contribution in [0.4, 0.5) is 14.5 Å². The Balaban J connectivity index is 1.69. The smallest absolute Gasteiger partial charge is 0.274 e. The van der Waals surface area contributed by atoms with Gasteiger partial charge >= 0.3 is 0 Å². The van der Waals surface area contributed by atoms with Crippen molar-refractivity contribution in [2.45, 2.75) is 16.7 Å². The number of amidine groups is 1. The lowest BCUT2D eigenvalue weighted by atomic mass is 9.84. The third-order valence-corrected chi connectivity index (χ3v) is 7.01. The van der Waals surface area contributed by atoms with E-state index in [9.17, 15) is 18.4 Å². The summed E-state index contributed by atoms with van der Waals surface area (Å²) < 4.78 is 28.8. The average molecular weight is 478 g/mol. The monoisotopic (exact) mass is 477 g/mol. The molecular formula is C21H18ClF2N5O2S. The fourth-order valence-electron chi connectivity index (χ4n) is 3.96. The lowest BCUT2D eigenvalue weighted by molar-refractivity contribution is -0.113. The van der Waals surface area contributed by atoms with Crippen LogP contribution in [0.1, 0.15) is 22.5 Å². The summed E-state index contributed by atoms with van der Waals surface area (Å²) in [4.78, 5) is 31.9. The number of nitrogens with two attached hydrogens (primary N) is 2. The molecule has 2 heterocycles. The normalized spacial score (nSPS) is 26.3. The van der Waals surface area contributed by atoms with Gasteiger partial charge in [0.1, 0.15) is 23.7 Å². The Labute approximate surface area is 191 Å². The lowest BCUT2D eigenvalue weighted by Crippen LogP contribution is -2.39. The number of rotatable bonds is 6. The van der Waals surface area contributed by atoms with E-state index < -0.39 is 40.5 Å². The van der Waals surface area contributed by atoms with E-state index in [4.69, 9.17) is 23.1 Å². The van der Waals surface area contributed by atoms with Crippen LogP contribution in [0, 0.1) is 11.7 Å². The van der Waals surface area contributed by atoms with Gasteiger partial charge in [0.2, 0.25) is 5.91 Å². The van der Waals surface area contributed by atoms with E-state index in [1.165, 1.54) is 48.3 Å². The number of aliphatic imine (C=N–C) groups is 1. The maximum absolute atomic E-state index is 14.9. The number of alkyl halides is 1. The highest BCUT2D eigenvalue weighted by atomic mass is 35.5. The molecule has 1 fully saturated rings. The molecule has 2 amide bonds. The molecule has 2 aliphatic rings. The van der Waals surface area contributed by atoms with Gasteiger partial charge in [-0.1, -0.05) is 29.4 Å². The Morgan fingerprint density at radius 1 is 1.34 bits per heavy atom. The molecule has 7 nitrogen and oxygen atoms in total. The van der Waals surface area contributed by atoms with Gasteiger partial charge in [-0.3, -0.25) is 9.59 Å². The molecule has 2 aromatic rings. The third kappa shape index (κ3) is 3.95. The number of anilines is 1. The Morgan fingerprint density at radius 3 is 2.78 bits per heavy atom. The number of pyridine rings is 1. The Hall–Kier alpha value is -2.98. The summed E-state index contributed by atoms with van der Waals surface area (Å²) in [5, 5.41) is 3.07. The molecule has 0 spiro atoms. The van der Waals surface area contributed by atoms with Crippen LogP contribution in [0.25, 0.3) is 0 Å². The van der Waals surface area contributed by atoms with Crippen molar-refractivity contribution in [2.24, 2.45) is 22.4 Å². The van der Waals surface area contributed by atoms with Crippen molar-refractivity contribution >= 4 is 46.0 Å². The number of aromatic nitrogens is 1. The summed E-state index contributed by atoms with van der Waals surface area (Å²) in [5.41, 5.74) is 9.88. The third-order valence-electron chi connectivity index (χ3n) is 5.52. The van der Waals surface area contributed by atoms with Crippen molar-refractivity contribution in [3.05, 3.63) is 70.8 Å². The maximum Gasteiger partial charge on any atom is 0.274 e. The number of benzene rings is 1. The minimum absolute atomic E-state index is 0.0375. The van der Waals surface area contributed by atoms with Crippen molar-refractivity contribution in [1.29, 1.82) is 0 Å². The number of amides is 2. The number of carbonyl (C=O) groups is 2. The minimum Gasteiger partial charge on any atom is -0.378 e. The van der Waals surface area contributed by atoms with Crippen LogP contribution in [-0.4, -0.2) is 33.4 Å². The number of halogens is 3. The zero-order chi connectivity index (χ0) is 23.1. The minimum atomic E-state index is -1.60. The standard InChI is InChI=1S/C21H18ClF2N5O2S/c22-11-1-4-15(27-9-11)18(31)28-12-2-3-14(24)13(7-12)21(10-23)16-8-20(16,6-5-17(25)30)32-19(26)29-21/h1-7,9,16H,8,10H2,(H2,25,30)(H2,26,29)(H,28,31)/t16-,20+,21-/m1/s1. The van der Waals surface area contributed by atoms with Crippen molar-refractivity contribution in [3.8, 4) is 0 Å². The van der Waals surface area contributed by atoms with Gasteiger partial charge in [-0.2, -0.15) is 0 Å². The summed E-state index contributed by atoms with van der Waals surface area (Å²) in [7, 11) is 0. The van der Waals surface area contributed by atoms with Gasteiger partial charge in [-0.25, -0.2) is 18.8 Å². The molecule has 0 radical (unpaired) electrons. The summed E-state index contributed by atoms with van der Waals surface area (Å²) in [6.07, 6.45) is 4.53. The fourth-order valence-corrected chi connectivity index (χ4v) is 5.40. The first-order chi connectivity index (χ1) is 15.2. The summed E-state index contributed by atoms with van der Waals surface area (Å²) in [5.74, 6) is -2.33. The maximum atomic E-state index is 14.9. The number of hydrogen-bond donors (Lipinski definition) is 3. The molecule has 1 aliphatic carbocycles. The molecule has 1 saturated carbocycles. The van der Waals surface area contributed by atoms with E-state index in [0.717, 1.165) is 6.07 Å². The number of nitrogens with zero attached hydrogens (tertiary/aromatic N) is 2. The second-order valence-corrected chi connectivity index (χ2v) is 9.39. The number of carbonyl (C=O) groups excluding carboxylic acids is 2. The molecule has 32 heavy (non-hydrogen) atoms. The predicted molar refractivity (Wildman–Crippen MR) is 120 cm³/mol. The van der Waals surface area contributed by atoms with Crippen LogP contribution in [0.5, 0.6) is 0 Å². The van der Waals surface area contributed by atoms with Gasteiger partial charge in [0.15, 0.2) is 5.17 Å². The molecule has 0 unspecified atom stereocenters. The number of primary amides is 1. The SMILES string of the molecule is NC(=O)C=C[C@]12C[C@H]1[C@@](CF)(c1cc(NC(=O)c3ccc(Cl)cn3)ccc1F)N=C(N)S2. The molecule has 0 bridgehead atoms. The van der Waals surface area contributed by atoms with E-state index in [-0.39, 0.29) is 22.1 Å². The van der Waals surface area contributed by atoms with Gasteiger partial charge in [0.25, 0.3) is 5.91 Å². The second kappa shape index (κ2) is 8.18. The van der Waals surface area contributed by atoms with Crippen LogP contribution < -0.4 is 16.8 Å². The van der Waals surface area contributed by atoms with Gasteiger partial charge < -0.3 is 16.8 Å². The fraction of sp³-hybridized carbons (Fsp3) is 0.238. The first kappa shape index (κ1) is 22.2. The van der Waals surface area contributed by atoms with Crippen LogP contribution in [-0.2, 0) is 10.3 Å². The molecule has 166 valence electrons. The summed E-state index contributed by atoms with van der Waals surface area (Å²) >= 11 is 6.98. The van der Waals surface area contributed by atoms with Crippen molar-refractivity contribution < 1.29 is 18.4 Å². The Morgan fingerprint density at radius 2 is 2.12 bits per heavy atom. The zero-order valence-corrected chi connectivity index (χ0v) is 18.1. The molecule has 1 aromatic carbocycles. The number of thioether (sulfide) groups is 1. The molecule has 1 aromatic heterocycles. The number of hydrogen-bond acceptors (Lipinski definition) is 6. The molecule has 5 N–H and O–H groups in total. The summed E-state index contributed by atoms with van der Waals surface area (Å²) in [6, 6.07) is 6.79. The van der Waals surface area contributed by atoms with E-state index >= 15 is 0 Å². The highest BCUT2D eigenvalue weighted by molar-refractivity contribution is 8.15. The average Bonchev–Trinajstić information content (AvgIpc) is 3.48. The Kier molecular flexibility index (Phi) is 5.68. The first-order valence-corrected chi connectivity index (χ1v) is 10.7. The molecule has 0 saturated heterocycles. The second-order valence-electron chi connectivity index (χ2n) is 7.57. The van der Waals surface area contributed by atoms with Crippen molar-refractivity contribution in [1.82, 2.24) is 4.98 Å². The van der Waals surface area contributed by atoms with Gasteiger partial charge in [-0.05, 0) is 36.8 Å². The molecule has 4 rings (SSSR count). The Bertz CT molecular complexity index is 1160. The zero-order valence-electron chi connectivity index (χ0n) is 16.5. The first-order valence-electron chi connectivity index (χ1n) is 9.51. The van der Waals surface area contributed by atoms with Crippen LogP contribution in [0.3, 0.4) is 0 Å². The van der Waals surface area contributed by atoms with Gasteiger partial charge in [0, 0.05) is 34.2 Å². The lowest BCUT2D eigenvalue weighted by Gasteiger charge is -2.34. The molecule has 11 heteroatoms. The van der Waals surface area contributed by atoms with Gasteiger partial charge in [-0.15, -0.1) is 0 Å². The van der Waals surface area contributed by atoms with E-state index in [2.05, 4.69) is 15.3 Å². The van der Waals surface area contributed by atoms with Crippen LogP contribution >= 0.6 is 23.4 Å². The van der Waals surface area contributed by atoms with Crippen LogP contribution in [0.2, 0.25) is 5.02 Å².